The standard InChI is InChI=1S/C29H34N2O7/c1-3-16-38-22-9-6-20(7-10-22)27(33)25-26(21-8-11-23(32)24(19-21)37-4-2)31(29(35)28(25)34)13-5-12-30-14-17-36-18-15-30/h3,6-11,19,26,32-33H,1,4-5,12-18H2,2H3/t26-/m1/s1. The SMILES string of the molecule is C=CCOc1ccc(C(O)=C2C(=O)C(=O)N(CCCN3CCOCC3)[C@@H]2c2ccc(O)c(OCC)c2)cc1. The van der Waals surface area contributed by atoms with E-state index in [2.05, 4.69) is 11.5 Å². The van der Waals surface area contributed by atoms with Crippen LogP contribution < -0.4 is 9.47 Å². The van der Waals surface area contributed by atoms with Crippen LogP contribution in [0.1, 0.15) is 30.5 Å². The van der Waals surface area contributed by atoms with Crippen LogP contribution in [0.25, 0.3) is 5.76 Å². The molecule has 2 heterocycles. The Balaban J connectivity index is 1.69. The third kappa shape index (κ3) is 6.00. The van der Waals surface area contributed by atoms with Crippen LogP contribution in [0.3, 0.4) is 0 Å². The lowest BCUT2D eigenvalue weighted by molar-refractivity contribution is -0.140. The number of aliphatic hydroxyl groups is 1. The number of aliphatic hydroxyl groups excluding tert-OH is 1. The van der Waals surface area contributed by atoms with Crippen LogP contribution in [0, 0.1) is 0 Å². The molecule has 38 heavy (non-hydrogen) atoms. The number of benzene rings is 2. The quantitative estimate of drug-likeness (QED) is 0.200. The average Bonchev–Trinajstić information content (AvgIpc) is 3.19. The minimum Gasteiger partial charge on any atom is -0.507 e. The van der Waals surface area contributed by atoms with E-state index in [9.17, 15) is 19.8 Å². The minimum atomic E-state index is -0.837. The molecule has 2 aromatic rings. The van der Waals surface area contributed by atoms with E-state index in [0.29, 0.717) is 56.3 Å². The van der Waals surface area contributed by atoms with Crippen molar-refractivity contribution in [3.63, 3.8) is 0 Å². The molecular weight excluding hydrogens is 488 g/mol. The normalized spacial score (nSPS) is 19.5. The van der Waals surface area contributed by atoms with Crippen molar-refractivity contribution in [2.24, 2.45) is 0 Å². The molecule has 9 nitrogen and oxygen atoms in total. The number of amides is 1. The van der Waals surface area contributed by atoms with Crippen molar-refractivity contribution >= 4 is 17.4 Å². The van der Waals surface area contributed by atoms with Crippen LogP contribution in [0.2, 0.25) is 0 Å². The highest BCUT2D eigenvalue weighted by Gasteiger charge is 2.46. The number of ketones is 1. The Morgan fingerprint density at radius 1 is 1.11 bits per heavy atom. The molecular formula is C29H34N2O7. The number of phenols is 1. The summed E-state index contributed by atoms with van der Waals surface area (Å²) < 4.78 is 16.5. The highest BCUT2D eigenvalue weighted by Crippen LogP contribution is 2.42. The summed E-state index contributed by atoms with van der Waals surface area (Å²) in [4.78, 5) is 30.3. The van der Waals surface area contributed by atoms with Crippen LogP contribution in [0.4, 0.5) is 0 Å². The lowest BCUT2D eigenvalue weighted by Crippen LogP contribution is -2.38. The summed E-state index contributed by atoms with van der Waals surface area (Å²) in [6, 6.07) is 10.5. The molecule has 1 atom stereocenters. The van der Waals surface area contributed by atoms with Gasteiger partial charge in [-0.1, -0.05) is 18.7 Å². The summed E-state index contributed by atoms with van der Waals surface area (Å²) in [6.45, 7) is 10.2. The number of carbonyl (C=O) groups excluding carboxylic acids is 2. The highest BCUT2D eigenvalue weighted by molar-refractivity contribution is 6.46. The zero-order valence-electron chi connectivity index (χ0n) is 21.6. The topological polar surface area (TPSA) is 109 Å². The van der Waals surface area contributed by atoms with Gasteiger partial charge in [0.15, 0.2) is 11.5 Å². The molecule has 2 N–H and O–H groups in total. The summed E-state index contributed by atoms with van der Waals surface area (Å²) in [6.07, 6.45) is 2.28. The van der Waals surface area contributed by atoms with Gasteiger partial charge in [-0.25, -0.2) is 0 Å². The number of Topliss-reactive ketones (excluding diaryl/α,β-unsaturated/α-hetero) is 1. The first kappa shape index (κ1) is 27.2. The number of rotatable bonds is 11. The molecule has 2 aliphatic heterocycles. The molecule has 0 saturated carbocycles. The van der Waals surface area contributed by atoms with Gasteiger partial charge in [0.05, 0.1) is 31.4 Å². The molecule has 0 aliphatic carbocycles. The van der Waals surface area contributed by atoms with Crippen LogP contribution in [-0.2, 0) is 14.3 Å². The third-order valence-electron chi connectivity index (χ3n) is 6.61. The van der Waals surface area contributed by atoms with Crippen molar-refractivity contribution in [2.45, 2.75) is 19.4 Å². The van der Waals surface area contributed by atoms with Crippen LogP contribution in [0.15, 0.2) is 60.7 Å². The largest absolute Gasteiger partial charge is 0.507 e. The number of likely N-dealkylation sites (tertiary alicyclic amines) is 1. The maximum absolute atomic E-state index is 13.3. The van der Waals surface area contributed by atoms with E-state index in [1.165, 1.54) is 11.0 Å². The molecule has 2 aliphatic rings. The Kier molecular flexibility index (Phi) is 9.04. The van der Waals surface area contributed by atoms with Gasteiger partial charge >= 0.3 is 0 Å². The Morgan fingerprint density at radius 3 is 2.53 bits per heavy atom. The van der Waals surface area contributed by atoms with E-state index in [-0.39, 0.29) is 22.8 Å². The summed E-state index contributed by atoms with van der Waals surface area (Å²) in [5.74, 6) is -0.915. The number of nitrogens with zero attached hydrogens (tertiary/aromatic N) is 2. The Morgan fingerprint density at radius 2 is 1.84 bits per heavy atom. The Bertz CT molecular complexity index is 1190. The molecule has 2 fully saturated rings. The van der Waals surface area contributed by atoms with Crippen molar-refractivity contribution in [3.05, 3.63) is 71.8 Å². The minimum absolute atomic E-state index is 0.00530. The molecule has 202 valence electrons. The average molecular weight is 523 g/mol. The van der Waals surface area contributed by atoms with Gasteiger partial charge in [0.25, 0.3) is 11.7 Å². The fraction of sp³-hybridized carbons (Fsp3) is 0.379. The lowest BCUT2D eigenvalue weighted by Gasteiger charge is -2.29. The predicted octanol–water partition coefficient (Wildman–Crippen LogP) is 3.50. The molecule has 0 unspecified atom stereocenters. The van der Waals surface area contributed by atoms with Gasteiger partial charge in [-0.3, -0.25) is 14.5 Å². The number of hydrogen-bond donors (Lipinski definition) is 2. The second kappa shape index (κ2) is 12.6. The van der Waals surface area contributed by atoms with Crippen LogP contribution in [-0.4, -0.2) is 84.3 Å². The smallest absolute Gasteiger partial charge is 0.295 e. The van der Waals surface area contributed by atoms with Gasteiger partial charge < -0.3 is 29.3 Å². The molecule has 1 amide bonds. The molecule has 0 spiro atoms. The third-order valence-corrected chi connectivity index (χ3v) is 6.61. The molecule has 2 saturated heterocycles. The maximum atomic E-state index is 13.3. The van der Waals surface area contributed by atoms with E-state index in [1.54, 1.807) is 49.4 Å². The molecule has 0 radical (unpaired) electrons. The summed E-state index contributed by atoms with van der Waals surface area (Å²) in [7, 11) is 0. The predicted molar refractivity (Wildman–Crippen MR) is 142 cm³/mol. The number of aromatic hydroxyl groups is 1. The molecule has 9 heteroatoms. The fourth-order valence-corrected chi connectivity index (χ4v) is 4.74. The number of morpholine rings is 1. The van der Waals surface area contributed by atoms with Crippen molar-refractivity contribution in [3.8, 4) is 17.2 Å². The van der Waals surface area contributed by atoms with E-state index in [4.69, 9.17) is 14.2 Å². The number of hydrogen-bond acceptors (Lipinski definition) is 8. The zero-order chi connectivity index (χ0) is 27.1. The fourth-order valence-electron chi connectivity index (χ4n) is 4.74. The van der Waals surface area contributed by atoms with Crippen LogP contribution in [0.5, 0.6) is 17.2 Å². The lowest BCUT2D eigenvalue weighted by atomic mass is 9.95. The zero-order valence-corrected chi connectivity index (χ0v) is 21.6. The van der Waals surface area contributed by atoms with Crippen molar-refractivity contribution in [1.29, 1.82) is 0 Å². The monoisotopic (exact) mass is 522 g/mol. The van der Waals surface area contributed by atoms with E-state index in [0.717, 1.165) is 19.6 Å². The Hall–Kier alpha value is -3.82. The summed E-state index contributed by atoms with van der Waals surface area (Å²) >= 11 is 0. The van der Waals surface area contributed by atoms with E-state index in [1.807, 2.05) is 0 Å². The van der Waals surface area contributed by atoms with Gasteiger partial charge in [-0.15, -0.1) is 0 Å². The van der Waals surface area contributed by atoms with Crippen LogP contribution >= 0.6 is 0 Å². The highest BCUT2D eigenvalue weighted by atomic mass is 16.5. The van der Waals surface area contributed by atoms with Gasteiger partial charge in [0.1, 0.15) is 18.1 Å². The van der Waals surface area contributed by atoms with Crippen molar-refractivity contribution in [1.82, 2.24) is 9.80 Å². The second-order valence-corrected chi connectivity index (χ2v) is 9.08. The van der Waals surface area contributed by atoms with E-state index >= 15 is 0 Å². The summed E-state index contributed by atoms with van der Waals surface area (Å²) in [5, 5.41) is 21.5. The maximum Gasteiger partial charge on any atom is 0.295 e. The summed E-state index contributed by atoms with van der Waals surface area (Å²) in [5.41, 5.74) is 0.939. The first-order valence-corrected chi connectivity index (χ1v) is 12.8. The van der Waals surface area contributed by atoms with Crippen molar-refractivity contribution in [2.75, 3.05) is 52.6 Å². The second-order valence-electron chi connectivity index (χ2n) is 9.08. The number of phenolic OH excluding ortho intramolecular Hbond substituents is 1. The van der Waals surface area contributed by atoms with Gasteiger partial charge in [0.2, 0.25) is 0 Å². The first-order chi connectivity index (χ1) is 18.4. The van der Waals surface area contributed by atoms with Gasteiger partial charge in [0, 0.05) is 31.7 Å². The van der Waals surface area contributed by atoms with Gasteiger partial charge in [-0.2, -0.15) is 0 Å². The first-order valence-electron chi connectivity index (χ1n) is 12.8. The number of ether oxygens (including phenoxy) is 3. The molecule has 4 rings (SSSR count). The number of carbonyl (C=O) groups is 2. The molecule has 2 aromatic carbocycles. The van der Waals surface area contributed by atoms with Gasteiger partial charge in [-0.05, 0) is 55.3 Å². The van der Waals surface area contributed by atoms with Crippen molar-refractivity contribution < 1.29 is 34.0 Å². The Labute approximate surface area is 222 Å². The van der Waals surface area contributed by atoms with E-state index < -0.39 is 17.7 Å². The molecule has 0 bridgehead atoms. The molecule has 0 aromatic heterocycles.